The van der Waals surface area contributed by atoms with Crippen LogP contribution < -0.4 is 10.1 Å². The fourth-order valence-electron chi connectivity index (χ4n) is 3.45. The van der Waals surface area contributed by atoms with Crippen molar-refractivity contribution in [2.45, 2.75) is 25.8 Å². The standard InChI is InChI=1S/C20H23N3O4/c1-14-5-7-15(8-6-14)18-4-3-11-22(18)13-20(24)21-17-10-9-16(27-2)12-19(17)23(25)26/h5-10,12,18H,3-4,11,13H2,1-2H3,(H,21,24). The third kappa shape index (κ3) is 4.43. The summed E-state index contributed by atoms with van der Waals surface area (Å²) in [5.74, 6) is 0.112. The summed E-state index contributed by atoms with van der Waals surface area (Å²) in [6.07, 6.45) is 2.02. The van der Waals surface area contributed by atoms with Crippen LogP contribution in [0.5, 0.6) is 5.75 Å². The Bertz CT molecular complexity index is 836. The monoisotopic (exact) mass is 369 g/mol. The Kier molecular flexibility index (Phi) is 5.71. The zero-order valence-electron chi connectivity index (χ0n) is 15.5. The van der Waals surface area contributed by atoms with Crippen molar-refractivity contribution in [2.24, 2.45) is 0 Å². The molecule has 2 aromatic carbocycles. The number of carbonyl (C=O) groups excluding carboxylic acids is 1. The average molecular weight is 369 g/mol. The van der Waals surface area contributed by atoms with Gasteiger partial charge in [0.2, 0.25) is 5.91 Å². The summed E-state index contributed by atoms with van der Waals surface area (Å²) in [7, 11) is 1.44. The number of amides is 1. The van der Waals surface area contributed by atoms with Gasteiger partial charge in [-0.3, -0.25) is 19.8 Å². The van der Waals surface area contributed by atoms with Crippen molar-refractivity contribution in [2.75, 3.05) is 25.5 Å². The Morgan fingerprint density at radius 3 is 2.70 bits per heavy atom. The molecule has 0 saturated carbocycles. The van der Waals surface area contributed by atoms with Crippen molar-refractivity contribution in [3.05, 3.63) is 63.7 Å². The molecule has 7 nitrogen and oxygen atoms in total. The molecule has 1 amide bonds. The number of aryl methyl sites for hydroxylation is 1. The molecule has 3 rings (SSSR count). The van der Waals surface area contributed by atoms with E-state index in [9.17, 15) is 14.9 Å². The van der Waals surface area contributed by atoms with Gasteiger partial charge in [-0.15, -0.1) is 0 Å². The molecule has 1 unspecified atom stereocenters. The molecule has 7 heteroatoms. The number of hydrogen-bond acceptors (Lipinski definition) is 5. The normalized spacial score (nSPS) is 16.9. The van der Waals surface area contributed by atoms with Crippen LogP contribution in [0.1, 0.15) is 30.0 Å². The van der Waals surface area contributed by atoms with Crippen LogP contribution in [-0.4, -0.2) is 35.9 Å². The van der Waals surface area contributed by atoms with Crippen molar-refractivity contribution in [1.29, 1.82) is 0 Å². The largest absolute Gasteiger partial charge is 0.496 e. The lowest BCUT2D eigenvalue weighted by Crippen LogP contribution is -2.33. The first-order valence-electron chi connectivity index (χ1n) is 8.91. The van der Waals surface area contributed by atoms with Crippen LogP contribution in [0.15, 0.2) is 42.5 Å². The fraction of sp³-hybridized carbons (Fsp3) is 0.350. The Labute approximate surface area is 158 Å². The molecule has 1 saturated heterocycles. The number of anilines is 1. The lowest BCUT2D eigenvalue weighted by molar-refractivity contribution is -0.384. The number of nitrogens with zero attached hydrogens (tertiary/aromatic N) is 2. The van der Waals surface area contributed by atoms with E-state index < -0.39 is 4.92 Å². The van der Waals surface area contributed by atoms with Gasteiger partial charge in [-0.1, -0.05) is 29.8 Å². The number of benzene rings is 2. The van der Waals surface area contributed by atoms with Gasteiger partial charge in [0.15, 0.2) is 0 Å². The Hall–Kier alpha value is -2.93. The van der Waals surface area contributed by atoms with Gasteiger partial charge in [-0.25, -0.2) is 0 Å². The number of nitrogens with one attached hydrogen (secondary N) is 1. The molecule has 2 aromatic rings. The second kappa shape index (κ2) is 8.18. The summed E-state index contributed by atoms with van der Waals surface area (Å²) in [5, 5.41) is 13.9. The first kappa shape index (κ1) is 18.8. The molecule has 0 aromatic heterocycles. The highest BCUT2D eigenvalue weighted by Crippen LogP contribution is 2.32. The molecule has 0 spiro atoms. The van der Waals surface area contributed by atoms with Crippen molar-refractivity contribution >= 4 is 17.3 Å². The highest BCUT2D eigenvalue weighted by Gasteiger charge is 2.28. The minimum atomic E-state index is -0.525. The second-order valence-electron chi connectivity index (χ2n) is 6.73. The van der Waals surface area contributed by atoms with Crippen LogP contribution in [0, 0.1) is 17.0 Å². The van der Waals surface area contributed by atoms with E-state index in [0.29, 0.717) is 5.75 Å². The first-order valence-corrected chi connectivity index (χ1v) is 8.91. The molecule has 1 atom stereocenters. The minimum Gasteiger partial charge on any atom is -0.496 e. The summed E-state index contributed by atoms with van der Waals surface area (Å²) in [4.78, 5) is 25.4. The lowest BCUT2D eigenvalue weighted by Gasteiger charge is -2.24. The molecule has 0 radical (unpaired) electrons. The highest BCUT2D eigenvalue weighted by atomic mass is 16.6. The number of likely N-dealkylation sites (tertiary alicyclic amines) is 1. The molecule has 0 bridgehead atoms. The van der Waals surface area contributed by atoms with E-state index in [-0.39, 0.29) is 29.9 Å². The number of nitro groups is 1. The van der Waals surface area contributed by atoms with Crippen LogP contribution in [0.25, 0.3) is 0 Å². The fourth-order valence-corrected chi connectivity index (χ4v) is 3.45. The zero-order valence-corrected chi connectivity index (χ0v) is 15.5. The number of rotatable bonds is 6. The second-order valence-corrected chi connectivity index (χ2v) is 6.73. The smallest absolute Gasteiger partial charge is 0.296 e. The van der Waals surface area contributed by atoms with Crippen LogP contribution >= 0.6 is 0 Å². The van der Waals surface area contributed by atoms with E-state index in [1.165, 1.54) is 30.4 Å². The summed E-state index contributed by atoms with van der Waals surface area (Å²) in [6, 6.07) is 12.9. The zero-order chi connectivity index (χ0) is 19.4. The van der Waals surface area contributed by atoms with E-state index in [4.69, 9.17) is 4.74 Å². The quantitative estimate of drug-likeness (QED) is 0.620. The summed E-state index contributed by atoms with van der Waals surface area (Å²) in [5.41, 5.74) is 2.39. The van der Waals surface area contributed by atoms with Crippen molar-refractivity contribution < 1.29 is 14.5 Å². The van der Waals surface area contributed by atoms with Crippen LogP contribution in [-0.2, 0) is 4.79 Å². The van der Waals surface area contributed by atoms with Gasteiger partial charge < -0.3 is 10.1 Å². The molecule has 1 aliphatic rings. The van der Waals surface area contributed by atoms with Gasteiger partial charge in [-0.05, 0) is 44.0 Å². The van der Waals surface area contributed by atoms with Crippen LogP contribution in [0.3, 0.4) is 0 Å². The van der Waals surface area contributed by atoms with E-state index in [1.807, 2.05) is 6.92 Å². The molecular weight excluding hydrogens is 346 g/mol. The number of hydrogen-bond donors (Lipinski definition) is 1. The SMILES string of the molecule is COc1ccc(NC(=O)CN2CCCC2c2ccc(C)cc2)c([N+](=O)[O-])c1. The first-order chi connectivity index (χ1) is 13.0. The third-order valence-corrected chi connectivity index (χ3v) is 4.85. The van der Waals surface area contributed by atoms with Gasteiger partial charge in [0.1, 0.15) is 11.4 Å². The molecule has 0 aliphatic carbocycles. The van der Waals surface area contributed by atoms with Crippen LogP contribution in [0.2, 0.25) is 0 Å². The van der Waals surface area contributed by atoms with Gasteiger partial charge >= 0.3 is 0 Å². The molecule has 1 aliphatic heterocycles. The lowest BCUT2D eigenvalue weighted by atomic mass is 10.0. The van der Waals surface area contributed by atoms with Gasteiger partial charge in [0, 0.05) is 6.04 Å². The van der Waals surface area contributed by atoms with E-state index in [0.717, 1.165) is 19.4 Å². The predicted octanol–water partition coefficient (Wildman–Crippen LogP) is 3.69. The number of carbonyl (C=O) groups is 1. The number of ether oxygens (including phenoxy) is 1. The van der Waals surface area contributed by atoms with Gasteiger partial charge in [0.05, 0.1) is 24.6 Å². The van der Waals surface area contributed by atoms with E-state index in [2.05, 4.69) is 34.5 Å². The number of methoxy groups -OCH3 is 1. The van der Waals surface area contributed by atoms with E-state index >= 15 is 0 Å². The molecule has 142 valence electrons. The third-order valence-electron chi connectivity index (χ3n) is 4.85. The van der Waals surface area contributed by atoms with Gasteiger partial charge in [-0.2, -0.15) is 0 Å². The molecule has 1 fully saturated rings. The maximum atomic E-state index is 12.5. The maximum absolute atomic E-state index is 12.5. The minimum absolute atomic E-state index is 0.178. The van der Waals surface area contributed by atoms with Crippen LogP contribution in [0.4, 0.5) is 11.4 Å². The average Bonchev–Trinajstić information content (AvgIpc) is 3.10. The molecule has 1 heterocycles. The predicted molar refractivity (Wildman–Crippen MR) is 103 cm³/mol. The topological polar surface area (TPSA) is 84.7 Å². The number of nitro benzene ring substituents is 1. The van der Waals surface area contributed by atoms with Crippen molar-refractivity contribution in [1.82, 2.24) is 4.90 Å². The van der Waals surface area contributed by atoms with Gasteiger partial charge in [0.25, 0.3) is 5.69 Å². The highest BCUT2D eigenvalue weighted by molar-refractivity contribution is 5.94. The Balaban J connectivity index is 1.70. The molecular formula is C20H23N3O4. The Morgan fingerprint density at radius 1 is 1.30 bits per heavy atom. The summed E-state index contributed by atoms with van der Waals surface area (Å²) in [6.45, 7) is 3.07. The summed E-state index contributed by atoms with van der Waals surface area (Å²) >= 11 is 0. The van der Waals surface area contributed by atoms with E-state index in [1.54, 1.807) is 6.07 Å². The maximum Gasteiger partial charge on any atom is 0.296 e. The Morgan fingerprint density at radius 2 is 2.04 bits per heavy atom. The molecule has 27 heavy (non-hydrogen) atoms. The molecule has 1 N–H and O–H groups in total. The summed E-state index contributed by atoms with van der Waals surface area (Å²) < 4.78 is 5.02. The van der Waals surface area contributed by atoms with Crippen molar-refractivity contribution in [3.8, 4) is 5.75 Å². The van der Waals surface area contributed by atoms with Crippen molar-refractivity contribution in [3.63, 3.8) is 0 Å².